The Hall–Kier alpha value is -1.55. The molecule has 0 aliphatic rings. The third kappa shape index (κ3) is 1.44. The molecular weight excluding hydrogens is 200 g/mol. The van der Waals surface area contributed by atoms with Crippen LogP contribution >= 0.6 is 11.6 Å². The fourth-order valence-corrected chi connectivity index (χ4v) is 1.53. The Balaban J connectivity index is 2.61. The van der Waals surface area contributed by atoms with Crippen LogP contribution in [0.4, 0.5) is 5.69 Å². The van der Waals surface area contributed by atoms with Crippen molar-refractivity contribution >= 4 is 17.3 Å². The van der Waals surface area contributed by atoms with Crippen molar-refractivity contribution < 1.29 is 0 Å². The molecule has 72 valence electrons. The van der Waals surface area contributed by atoms with Gasteiger partial charge < -0.3 is 5.32 Å². The van der Waals surface area contributed by atoms with E-state index in [-0.39, 0.29) is 0 Å². The monoisotopic (exact) mass is 208 g/mol. The molecule has 0 bridgehead atoms. The molecule has 0 amide bonds. The lowest BCUT2D eigenvalue weighted by atomic mass is 10.2. The Kier molecular flexibility index (Phi) is 2.37. The highest BCUT2D eigenvalue weighted by atomic mass is 35.5. The first-order valence-corrected chi connectivity index (χ1v) is 4.52. The summed E-state index contributed by atoms with van der Waals surface area (Å²) in [5, 5.41) is 7.73. The van der Waals surface area contributed by atoms with E-state index in [0.717, 1.165) is 11.4 Å². The van der Waals surface area contributed by atoms with Crippen molar-refractivity contribution in [2.45, 2.75) is 0 Å². The zero-order valence-electron chi connectivity index (χ0n) is 7.61. The number of rotatable bonds is 2. The Morgan fingerprint density at radius 2 is 2.29 bits per heavy atom. The minimum atomic E-state index is 0.641. The largest absolute Gasteiger partial charge is 0.386 e. The van der Waals surface area contributed by atoms with Crippen LogP contribution in [0.1, 0.15) is 0 Å². The number of benzene rings is 1. The molecule has 0 fully saturated rings. The van der Waals surface area contributed by atoms with Gasteiger partial charge in [-0.15, -0.1) is 0 Å². The predicted octanol–water partition coefficient (Wildman–Crippen LogP) is 1.96. The maximum absolute atomic E-state index is 6.07. The summed E-state index contributed by atoms with van der Waals surface area (Å²) >= 11 is 6.07. The minimum Gasteiger partial charge on any atom is -0.386 e. The van der Waals surface area contributed by atoms with Crippen molar-refractivity contribution in [2.75, 3.05) is 12.4 Å². The first-order valence-electron chi connectivity index (χ1n) is 4.14. The van der Waals surface area contributed by atoms with Crippen LogP contribution in [0, 0.1) is 0 Å². The van der Waals surface area contributed by atoms with Crippen LogP contribution in [0.3, 0.4) is 0 Å². The van der Waals surface area contributed by atoms with Gasteiger partial charge in [-0.25, -0.2) is 9.67 Å². The molecule has 0 unspecified atom stereocenters. The van der Waals surface area contributed by atoms with Gasteiger partial charge in [0.2, 0.25) is 0 Å². The average Bonchev–Trinajstić information content (AvgIpc) is 2.70. The molecule has 0 aliphatic heterocycles. The first-order chi connectivity index (χ1) is 6.83. The van der Waals surface area contributed by atoms with Crippen LogP contribution in [-0.4, -0.2) is 21.8 Å². The molecule has 0 aliphatic carbocycles. The lowest BCUT2D eigenvalue weighted by Gasteiger charge is -2.09. The van der Waals surface area contributed by atoms with E-state index in [0.29, 0.717) is 5.02 Å². The van der Waals surface area contributed by atoms with Gasteiger partial charge in [-0.05, 0) is 12.1 Å². The van der Waals surface area contributed by atoms with E-state index < -0.39 is 0 Å². The summed E-state index contributed by atoms with van der Waals surface area (Å²) in [4.78, 5) is 3.88. The normalized spacial score (nSPS) is 10.1. The molecule has 0 spiro atoms. The molecule has 14 heavy (non-hydrogen) atoms. The molecule has 5 heteroatoms. The topological polar surface area (TPSA) is 42.7 Å². The van der Waals surface area contributed by atoms with Gasteiger partial charge in [0.05, 0.1) is 10.7 Å². The summed E-state index contributed by atoms with van der Waals surface area (Å²) in [5.41, 5.74) is 1.73. The molecular formula is C9H9ClN4. The van der Waals surface area contributed by atoms with E-state index in [1.807, 2.05) is 25.2 Å². The molecule has 0 saturated heterocycles. The lowest BCUT2D eigenvalue weighted by Crippen LogP contribution is -2.01. The van der Waals surface area contributed by atoms with Gasteiger partial charge in [0, 0.05) is 7.05 Å². The number of aromatic nitrogens is 3. The van der Waals surface area contributed by atoms with E-state index in [4.69, 9.17) is 11.6 Å². The number of hydrogen-bond acceptors (Lipinski definition) is 3. The fourth-order valence-electron chi connectivity index (χ4n) is 1.27. The Labute approximate surface area is 86.5 Å². The summed E-state index contributed by atoms with van der Waals surface area (Å²) in [6, 6.07) is 5.64. The quantitative estimate of drug-likeness (QED) is 0.821. The van der Waals surface area contributed by atoms with Crippen LogP contribution in [-0.2, 0) is 0 Å². The molecule has 0 saturated carbocycles. The molecule has 2 rings (SSSR count). The first kappa shape index (κ1) is 9.02. The molecule has 2 aromatic rings. The third-order valence-electron chi connectivity index (χ3n) is 1.90. The second-order valence-corrected chi connectivity index (χ2v) is 3.13. The van der Waals surface area contributed by atoms with Gasteiger partial charge in [-0.1, -0.05) is 17.7 Å². The van der Waals surface area contributed by atoms with E-state index in [1.165, 1.54) is 6.33 Å². The van der Waals surface area contributed by atoms with Crippen LogP contribution in [0.15, 0.2) is 30.9 Å². The van der Waals surface area contributed by atoms with Crippen molar-refractivity contribution in [3.63, 3.8) is 0 Å². The minimum absolute atomic E-state index is 0.641. The number of anilines is 1. The fraction of sp³-hybridized carbons (Fsp3) is 0.111. The van der Waals surface area contributed by atoms with Crippen LogP contribution in [0.25, 0.3) is 5.69 Å². The van der Waals surface area contributed by atoms with Crippen molar-refractivity contribution in [1.29, 1.82) is 0 Å². The SMILES string of the molecule is CNc1cccc(Cl)c1-n1cncn1. The maximum atomic E-state index is 6.07. The van der Waals surface area contributed by atoms with Crippen molar-refractivity contribution in [2.24, 2.45) is 0 Å². The van der Waals surface area contributed by atoms with Crippen molar-refractivity contribution in [3.8, 4) is 5.69 Å². The van der Waals surface area contributed by atoms with E-state index in [1.54, 1.807) is 11.0 Å². The van der Waals surface area contributed by atoms with E-state index in [9.17, 15) is 0 Å². The highest BCUT2D eigenvalue weighted by molar-refractivity contribution is 6.33. The van der Waals surface area contributed by atoms with E-state index >= 15 is 0 Å². The van der Waals surface area contributed by atoms with Crippen molar-refractivity contribution in [1.82, 2.24) is 14.8 Å². The zero-order chi connectivity index (χ0) is 9.97. The summed E-state index contributed by atoms with van der Waals surface area (Å²) in [6.07, 6.45) is 3.09. The Morgan fingerprint density at radius 3 is 2.93 bits per heavy atom. The van der Waals surface area contributed by atoms with Gasteiger partial charge in [-0.3, -0.25) is 0 Å². The molecule has 0 radical (unpaired) electrons. The Bertz CT molecular complexity index is 424. The summed E-state index contributed by atoms with van der Waals surface area (Å²) < 4.78 is 1.63. The van der Waals surface area contributed by atoms with Crippen molar-refractivity contribution in [3.05, 3.63) is 35.9 Å². The molecule has 1 aromatic carbocycles. The second kappa shape index (κ2) is 3.67. The molecule has 1 heterocycles. The van der Waals surface area contributed by atoms with Gasteiger partial charge >= 0.3 is 0 Å². The zero-order valence-corrected chi connectivity index (χ0v) is 8.36. The number of para-hydroxylation sites is 1. The maximum Gasteiger partial charge on any atom is 0.138 e. The lowest BCUT2D eigenvalue weighted by molar-refractivity contribution is 0.880. The van der Waals surface area contributed by atoms with Gasteiger partial charge in [-0.2, -0.15) is 5.10 Å². The number of halogens is 1. The van der Waals surface area contributed by atoms with Crippen LogP contribution < -0.4 is 5.32 Å². The second-order valence-electron chi connectivity index (χ2n) is 2.73. The van der Waals surface area contributed by atoms with Gasteiger partial charge in [0.15, 0.2) is 0 Å². The molecule has 0 atom stereocenters. The third-order valence-corrected chi connectivity index (χ3v) is 2.21. The molecule has 4 nitrogen and oxygen atoms in total. The number of hydrogen-bond donors (Lipinski definition) is 1. The number of nitrogens with zero attached hydrogens (tertiary/aromatic N) is 3. The van der Waals surface area contributed by atoms with Gasteiger partial charge in [0.1, 0.15) is 18.3 Å². The predicted molar refractivity (Wildman–Crippen MR) is 55.9 cm³/mol. The highest BCUT2D eigenvalue weighted by Crippen LogP contribution is 2.26. The summed E-state index contributed by atoms with van der Waals surface area (Å²) in [7, 11) is 1.84. The summed E-state index contributed by atoms with van der Waals surface area (Å²) in [6.45, 7) is 0. The molecule has 1 N–H and O–H groups in total. The average molecular weight is 209 g/mol. The standard InChI is InChI=1S/C9H9ClN4/c1-11-8-4-2-3-7(10)9(8)14-6-12-5-13-14/h2-6,11H,1H3. The summed E-state index contributed by atoms with van der Waals surface area (Å²) in [5.74, 6) is 0. The molecule has 1 aromatic heterocycles. The van der Waals surface area contributed by atoms with Gasteiger partial charge in [0.25, 0.3) is 0 Å². The van der Waals surface area contributed by atoms with Crippen LogP contribution in [0.5, 0.6) is 0 Å². The van der Waals surface area contributed by atoms with E-state index in [2.05, 4.69) is 15.4 Å². The smallest absolute Gasteiger partial charge is 0.138 e. The van der Waals surface area contributed by atoms with Crippen LogP contribution in [0.2, 0.25) is 5.02 Å². The number of nitrogens with one attached hydrogen (secondary N) is 1. The highest BCUT2D eigenvalue weighted by Gasteiger charge is 2.07. The Morgan fingerprint density at radius 1 is 1.43 bits per heavy atom.